The minimum Gasteiger partial charge on any atom is -0.382 e. The van der Waals surface area contributed by atoms with Crippen LogP contribution in [0.2, 0.25) is 0 Å². The Hall–Kier alpha value is -0.250. The number of rotatable bonds is 13. The first-order chi connectivity index (χ1) is 10.5. The van der Waals surface area contributed by atoms with Crippen LogP contribution in [0.25, 0.3) is 0 Å². The Labute approximate surface area is 133 Å². The zero-order valence-corrected chi connectivity index (χ0v) is 14.4. The zero-order chi connectivity index (χ0) is 16.3. The third-order valence-electron chi connectivity index (χ3n) is 4.06. The van der Waals surface area contributed by atoms with E-state index in [1.165, 1.54) is 12.8 Å². The van der Waals surface area contributed by atoms with E-state index in [9.17, 15) is 8.42 Å². The van der Waals surface area contributed by atoms with Crippen LogP contribution in [0.1, 0.15) is 19.3 Å². The highest BCUT2D eigenvalue weighted by Gasteiger charge is 2.31. The lowest BCUT2D eigenvalue weighted by Crippen LogP contribution is -2.48. The van der Waals surface area contributed by atoms with E-state index >= 15 is 0 Å². The van der Waals surface area contributed by atoms with E-state index in [-0.39, 0.29) is 5.75 Å². The second kappa shape index (κ2) is 10.5. The molecule has 0 spiro atoms. The van der Waals surface area contributed by atoms with Crippen LogP contribution in [0.3, 0.4) is 0 Å². The number of nitrogens with zero attached hydrogens (tertiary/aromatic N) is 1. The molecule has 0 aliphatic carbocycles. The molecule has 1 aliphatic rings. The van der Waals surface area contributed by atoms with E-state index in [0.29, 0.717) is 39.5 Å². The molecule has 1 saturated heterocycles. The maximum atomic E-state index is 10.8. The van der Waals surface area contributed by atoms with Gasteiger partial charge in [-0.05, 0) is 0 Å². The molecule has 0 aromatic rings. The van der Waals surface area contributed by atoms with Gasteiger partial charge in [0.25, 0.3) is 10.1 Å². The summed E-state index contributed by atoms with van der Waals surface area (Å²) in [4.78, 5) is 0. The summed E-state index contributed by atoms with van der Waals surface area (Å²) in [6.45, 7) is 6.76. The molecule has 1 rings (SSSR count). The molecule has 0 bridgehead atoms. The third kappa shape index (κ3) is 9.02. The van der Waals surface area contributed by atoms with Gasteiger partial charge >= 0.3 is 0 Å². The molecule has 1 fully saturated rings. The fourth-order valence-corrected chi connectivity index (χ4v) is 3.36. The molecule has 0 saturated carbocycles. The Balaban J connectivity index is 2.15. The maximum Gasteiger partial charge on any atom is 0.265 e. The predicted octanol–water partition coefficient (Wildman–Crippen LogP) is 0.555. The fraction of sp³-hybridized carbons (Fsp3) is 1.00. The molecule has 1 aliphatic heterocycles. The van der Waals surface area contributed by atoms with Crippen molar-refractivity contribution < 1.29 is 31.7 Å². The number of likely N-dealkylation sites (tertiary alicyclic amines) is 1. The molecule has 0 unspecified atom stereocenters. The monoisotopic (exact) mass is 340 g/mol. The Bertz CT molecular complexity index is 381. The number of methoxy groups -OCH3 is 1. The second-order valence-electron chi connectivity index (χ2n) is 5.80. The number of ether oxygens (including phenoxy) is 3. The topological polar surface area (TPSA) is 82.1 Å². The van der Waals surface area contributed by atoms with Gasteiger partial charge < -0.3 is 18.7 Å². The largest absolute Gasteiger partial charge is 0.382 e. The normalized spacial score (nSPS) is 17.9. The summed E-state index contributed by atoms with van der Waals surface area (Å²) < 4.78 is 47.2. The van der Waals surface area contributed by atoms with E-state index < -0.39 is 10.1 Å². The number of hydrogen-bond acceptors (Lipinski definition) is 5. The van der Waals surface area contributed by atoms with Gasteiger partial charge in [-0.25, -0.2) is 0 Å². The van der Waals surface area contributed by atoms with Crippen molar-refractivity contribution in [3.8, 4) is 0 Å². The molecule has 7 nitrogen and oxygen atoms in total. The highest BCUT2D eigenvalue weighted by Crippen LogP contribution is 2.20. The van der Waals surface area contributed by atoms with Crippen LogP contribution in [0.5, 0.6) is 0 Å². The lowest BCUT2D eigenvalue weighted by Gasteiger charge is -2.34. The average Bonchev–Trinajstić information content (AvgIpc) is 2.89. The fourth-order valence-electron chi connectivity index (χ4n) is 2.87. The van der Waals surface area contributed by atoms with Crippen molar-refractivity contribution in [1.82, 2.24) is 0 Å². The minimum absolute atomic E-state index is 0.152. The SMILES string of the molecule is COCCOCCOCC[N+]1(CCCS(=O)(=O)O)CCCC1. The van der Waals surface area contributed by atoms with E-state index in [0.717, 1.165) is 30.7 Å². The molecule has 0 aromatic carbocycles. The quantitative estimate of drug-likeness (QED) is 0.300. The highest BCUT2D eigenvalue weighted by molar-refractivity contribution is 7.85. The zero-order valence-electron chi connectivity index (χ0n) is 13.5. The first kappa shape index (κ1) is 19.8. The van der Waals surface area contributed by atoms with Gasteiger partial charge in [0, 0.05) is 26.4 Å². The molecule has 1 heterocycles. The van der Waals surface area contributed by atoms with E-state index in [2.05, 4.69) is 0 Å². The van der Waals surface area contributed by atoms with Crippen LogP contribution in [0, 0.1) is 0 Å². The molecular formula is C14H30NO6S+. The van der Waals surface area contributed by atoms with Gasteiger partial charge in [-0.2, -0.15) is 8.42 Å². The molecule has 22 heavy (non-hydrogen) atoms. The summed E-state index contributed by atoms with van der Waals surface area (Å²) in [5.74, 6) is -0.152. The molecule has 1 N–H and O–H groups in total. The Morgan fingerprint density at radius 3 is 2.14 bits per heavy atom. The summed E-state index contributed by atoms with van der Waals surface area (Å²) in [7, 11) is -2.21. The van der Waals surface area contributed by atoms with Crippen LogP contribution in [0.15, 0.2) is 0 Å². The van der Waals surface area contributed by atoms with Gasteiger partial charge in [0.15, 0.2) is 0 Å². The molecule has 0 atom stereocenters. The highest BCUT2D eigenvalue weighted by atomic mass is 32.2. The van der Waals surface area contributed by atoms with Gasteiger partial charge in [-0.1, -0.05) is 0 Å². The Kier molecular flexibility index (Phi) is 9.46. The van der Waals surface area contributed by atoms with Crippen LogP contribution >= 0.6 is 0 Å². The summed E-state index contributed by atoms with van der Waals surface area (Å²) in [5, 5.41) is 0. The first-order valence-electron chi connectivity index (χ1n) is 7.92. The van der Waals surface area contributed by atoms with Crippen LogP contribution in [0.4, 0.5) is 0 Å². The van der Waals surface area contributed by atoms with Crippen LogP contribution in [-0.2, 0) is 24.3 Å². The van der Waals surface area contributed by atoms with Crippen LogP contribution in [-0.4, -0.2) is 89.5 Å². The van der Waals surface area contributed by atoms with E-state index in [1.54, 1.807) is 7.11 Å². The van der Waals surface area contributed by atoms with Crippen molar-refractivity contribution in [3.63, 3.8) is 0 Å². The lowest BCUT2D eigenvalue weighted by atomic mass is 10.3. The minimum atomic E-state index is -3.85. The van der Waals surface area contributed by atoms with E-state index in [4.69, 9.17) is 18.8 Å². The van der Waals surface area contributed by atoms with Gasteiger partial charge in [-0.15, -0.1) is 0 Å². The molecule has 0 radical (unpaired) electrons. The van der Waals surface area contributed by atoms with Gasteiger partial charge in [0.2, 0.25) is 0 Å². The summed E-state index contributed by atoms with van der Waals surface area (Å²) >= 11 is 0. The third-order valence-corrected chi connectivity index (χ3v) is 4.87. The Morgan fingerprint density at radius 2 is 1.55 bits per heavy atom. The average molecular weight is 340 g/mol. The number of quaternary nitrogens is 1. The lowest BCUT2D eigenvalue weighted by molar-refractivity contribution is -0.917. The first-order valence-corrected chi connectivity index (χ1v) is 9.53. The Morgan fingerprint density at radius 1 is 0.955 bits per heavy atom. The molecule has 8 heteroatoms. The summed E-state index contributed by atoms with van der Waals surface area (Å²) in [5.41, 5.74) is 0. The van der Waals surface area contributed by atoms with Crippen molar-refractivity contribution in [3.05, 3.63) is 0 Å². The molecular weight excluding hydrogens is 310 g/mol. The van der Waals surface area contributed by atoms with Gasteiger partial charge in [0.05, 0.1) is 58.4 Å². The van der Waals surface area contributed by atoms with Gasteiger partial charge in [0.1, 0.15) is 6.54 Å². The van der Waals surface area contributed by atoms with Gasteiger partial charge in [-0.3, -0.25) is 4.55 Å². The molecule has 132 valence electrons. The standard InChI is InChI=1S/C14H29NO6S/c1-19-10-11-21-13-12-20-9-8-15(5-2-3-6-15)7-4-14-22(16,17)18/h2-14H2,1H3/p+1. The maximum absolute atomic E-state index is 10.8. The second-order valence-corrected chi connectivity index (χ2v) is 7.37. The van der Waals surface area contributed by atoms with Crippen molar-refractivity contribution >= 4 is 10.1 Å². The number of hydrogen-bond donors (Lipinski definition) is 1. The molecule has 0 amide bonds. The van der Waals surface area contributed by atoms with E-state index in [1.807, 2.05) is 0 Å². The van der Waals surface area contributed by atoms with Crippen molar-refractivity contribution in [2.75, 3.05) is 72.1 Å². The van der Waals surface area contributed by atoms with Crippen LogP contribution < -0.4 is 0 Å². The summed E-state index contributed by atoms with van der Waals surface area (Å²) in [6, 6.07) is 0. The predicted molar refractivity (Wildman–Crippen MR) is 83.5 cm³/mol. The van der Waals surface area contributed by atoms with Crippen molar-refractivity contribution in [2.45, 2.75) is 19.3 Å². The molecule has 0 aromatic heterocycles. The van der Waals surface area contributed by atoms with Crippen molar-refractivity contribution in [2.24, 2.45) is 0 Å². The smallest absolute Gasteiger partial charge is 0.265 e. The summed E-state index contributed by atoms with van der Waals surface area (Å²) in [6.07, 6.45) is 2.84. The van der Waals surface area contributed by atoms with Crippen molar-refractivity contribution in [1.29, 1.82) is 0 Å².